The first-order valence-corrected chi connectivity index (χ1v) is 6.28. The smallest absolute Gasteiger partial charge is 0.341 e. The van der Waals surface area contributed by atoms with E-state index in [1.54, 1.807) is 4.68 Å². The molecule has 1 aliphatic heterocycles. The van der Waals surface area contributed by atoms with Crippen LogP contribution in [-0.4, -0.2) is 41.2 Å². The molecule has 7 heteroatoms. The van der Waals surface area contributed by atoms with Crippen molar-refractivity contribution in [1.82, 2.24) is 9.78 Å². The van der Waals surface area contributed by atoms with Gasteiger partial charge < -0.3 is 20.3 Å². The van der Waals surface area contributed by atoms with Crippen molar-refractivity contribution in [3.63, 3.8) is 0 Å². The van der Waals surface area contributed by atoms with Gasteiger partial charge in [-0.15, -0.1) is 0 Å². The number of carboxylic acid groups (broad SMARTS) is 1. The van der Waals surface area contributed by atoms with Gasteiger partial charge in [-0.3, -0.25) is 0 Å². The second-order valence-electron chi connectivity index (χ2n) is 4.68. The molecule has 1 aromatic heterocycles. The Labute approximate surface area is 111 Å². The van der Waals surface area contributed by atoms with Crippen LogP contribution in [0.25, 0.3) is 0 Å². The number of methoxy groups -OCH3 is 1. The van der Waals surface area contributed by atoms with Crippen molar-refractivity contribution in [3.8, 4) is 0 Å². The molecule has 106 valence electrons. The fourth-order valence-corrected chi connectivity index (χ4v) is 2.31. The second kappa shape index (κ2) is 6.03. The number of ether oxygens (including phenoxy) is 2. The second-order valence-corrected chi connectivity index (χ2v) is 4.68. The zero-order chi connectivity index (χ0) is 13.8. The van der Waals surface area contributed by atoms with Crippen LogP contribution in [0.1, 0.15) is 28.9 Å². The summed E-state index contributed by atoms with van der Waals surface area (Å²) in [5.74, 6) is -0.443. The average Bonchev–Trinajstić information content (AvgIpc) is 2.68. The first-order chi connectivity index (χ1) is 9.13. The Morgan fingerprint density at radius 2 is 2.26 bits per heavy atom. The molecule has 0 bridgehead atoms. The van der Waals surface area contributed by atoms with Crippen molar-refractivity contribution in [2.24, 2.45) is 5.92 Å². The molecule has 7 nitrogen and oxygen atoms in total. The van der Waals surface area contributed by atoms with Crippen LogP contribution in [0, 0.1) is 5.92 Å². The third-order valence-electron chi connectivity index (χ3n) is 3.33. The van der Waals surface area contributed by atoms with Crippen LogP contribution >= 0.6 is 0 Å². The quantitative estimate of drug-likeness (QED) is 0.817. The summed E-state index contributed by atoms with van der Waals surface area (Å²) in [4.78, 5) is 11.2. The number of aromatic nitrogens is 2. The molecule has 19 heavy (non-hydrogen) atoms. The highest BCUT2D eigenvalue weighted by Gasteiger charge is 2.23. The minimum atomic E-state index is -1.07. The minimum Gasteiger partial charge on any atom is -0.477 e. The number of nitrogen functional groups attached to an aromatic ring is 1. The predicted molar refractivity (Wildman–Crippen MR) is 67.9 cm³/mol. The van der Waals surface area contributed by atoms with Gasteiger partial charge in [0.15, 0.2) is 0 Å². The van der Waals surface area contributed by atoms with Crippen molar-refractivity contribution in [2.45, 2.75) is 26.0 Å². The molecule has 1 fully saturated rings. The molecule has 0 unspecified atom stereocenters. The number of nitrogens with zero attached hydrogens (tertiary/aromatic N) is 2. The Morgan fingerprint density at radius 1 is 1.58 bits per heavy atom. The summed E-state index contributed by atoms with van der Waals surface area (Å²) in [6, 6.07) is 0. The van der Waals surface area contributed by atoms with E-state index in [-0.39, 0.29) is 18.0 Å². The molecular formula is C12H19N3O4. The van der Waals surface area contributed by atoms with Crippen molar-refractivity contribution in [2.75, 3.05) is 26.1 Å². The van der Waals surface area contributed by atoms with Crippen molar-refractivity contribution in [3.05, 3.63) is 11.3 Å². The van der Waals surface area contributed by atoms with E-state index < -0.39 is 5.97 Å². The molecule has 1 saturated heterocycles. The molecule has 0 radical (unpaired) electrons. The molecule has 0 amide bonds. The summed E-state index contributed by atoms with van der Waals surface area (Å²) >= 11 is 0. The van der Waals surface area contributed by atoms with E-state index in [0.29, 0.717) is 18.2 Å². The number of carboxylic acids is 1. The number of aromatic carboxylic acids is 1. The molecule has 0 aromatic carbocycles. The standard InChI is InChI=1S/C12H19N3O4/c1-18-7-9-10(12(16)17)11(13)15(14-9)6-8-2-4-19-5-3-8/h8H,2-7,13H2,1H3,(H,16,17). The third kappa shape index (κ3) is 3.05. The van der Waals surface area contributed by atoms with Crippen molar-refractivity contribution < 1.29 is 19.4 Å². The van der Waals surface area contributed by atoms with Gasteiger partial charge in [0.05, 0.1) is 6.61 Å². The Balaban J connectivity index is 2.20. The molecule has 0 atom stereocenters. The zero-order valence-corrected chi connectivity index (χ0v) is 11.0. The molecule has 1 aliphatic rings. The fourth-order valence-electron chi connectivity index (χ4n) is 2.31. The molecule has 0 aliphatic carbocycles. The highest BCUT2D eigenvalue weighted by Crippen LogP contribution is 2.22. The predicted octanol–water partition coefficient (Wildman–Crippen LogP) is 0.736. The lowest BCUT2D eigenvalue weighted by molar-refractivity contribution is 0.0602. The van der Waals surface area contributed by atoms with Gasteiger partial charge in [-0.25, -0.2) is 9.48 Å². The first-order valence-electron chi connectivity index (χ1n) is 6.28. The highest BCUT2D eigenvalue weighted by atomic mass is 16.5. The molecule has 3 N–H and O–H groups in total. The molecule has 0 spiro atoms. The lowest BCUT2D eigenvalue weighted by atomic mass is 10.0. The lowest BCUT2D eigenvalue weighted by Crippen LogP contribution is -2.22. The monoisotopic (exact) mass is 269 g/mol. The van der Waals surface area contributed by atoms with Crippen LogP contribution in [0.3, 0.4) is 0 Å². The van der Waals surface area contributed by atoms with E-state index in [9.17, 15) is 9.90 Å². The molecule has 2 heterocycles. The van der Waals surface area contributed by atoms with Crippen LogP contribution in [0.4, 0.5) is 5.82 Å². The number of anilines is 1. The Kier molecular flexibility index (Phi) is 4.39. The van der Waals surface area contributed by atoms with Gasteiger partial charge in [0.2, 0.25) is 0 Å². The van der Waals surface area contributed by atoms with Crippen LogP contribution in [0.5, 0.6) is 0 Å². The van der Waals surface area contributed by atoms with Gasteiger partial charge in [-0.1, -0.05) is 0 Å². The Bertz CT molecular complexity index is 452. The van der Waals surface area contributed by atoms with Crippen molar-refractivity contribution >= 4 is 11.8 Å². The van der Waals surface area contributed by atoms with E-state index in [4.69, 9.17) is 15.2 Å². The summed E-state index contributed by atoms with van der Waals surface area (Å²) in [6.07, 6.45) is 1.89. The van der Waals surface area contributed by atoms with Gasteiger partial charge in [-0.05, 0) is 18.8 Å². The van der Waals surface area contributed by atoms with E-state index in [2.05, 4.69) is 5.10 Å². The van der Waals surface area contributed by atoms with Gasteiger partial charge in [-0.2, -0.15) is 5.10 Å². The van der Waals surface area contributed by atoms with Crippen LogP contribution in [0.2, 0.25) is 0 Å². The van der Waals surface area contributed by atoms with Crippen LogP contribution in [-0.2, 0) is 22.6 Å². The normalized spacial score (nSPS) is 16.7. The molecule has 1 aromatic rings. The van der Waals surface area contributed by atoms with E-state index in [0.717, 1.165) is 26.1 Å². The fraction of sp³-hybridized carbons (Fsp3) is 0.667. The zero-order valence-electron chi connectivity index (χ0n) is 11.0. The summed E-state index contributed by atoms with van der Waals surface area (Å²) in [5.41, 5.74) is 6.31. The number of hydrogen-bond acceptors (Lipinski definition) is 5. The van der Waals surface area contributed by atoms with E-state index in [1.165, 1.54) is 7.11 Å². The lowest BCUT2D eigenvalue weighted by Gasteiger charge is -2.22. The number of hydrogen-bond donors (Lipinski definition) is 2. The number of carbonyl (C=O) groups is 1. The average molecular weight is 269 g/mol. The van der Waals surface area contributed by atoms with Crippen LogP contribution in [0.15, 0.2) is 0 Å². The maximum absolute atomic E-state index is 11.2. The number of rotatable bonds is 5. The van der Waals surface area contributed by atoms with Gasteiger partial charge >= 0.3 is 5.97 Å². The van der Waals surface area contributed by atoms with Crippen LogP contribution < -0.4 is 5.73 Å². The van der Waals surface area contributed by atoms with E-state index >= 15 is 0 Å². The summed E-state index contributed by atoms with van der Waals surface area (Å²) in [6.45, 7) is 2.25. The minimum absolute atomic E-state index is 0.0499. The maximum atomic E-state index is 11.2. The molecule has 0 saturated carbocycles. The molecular weight excluding hydrogens is 250 g/mol. The summed E-state index contributed by atoms with van der Waals surface area (Å²) in [5, 5.41) is 13.4. The third-order valence-corrected chi connectivity index (χ3v) is 3.33. The van der Waals surface area contributed by atoms with E-state index in [1.807, 2.05) is 0 Å². The Hall–Kier alpha value is -1.60. The van der Waals surface area contributed by atoms with Gasteiger partial charge in [0.1, 0.15) is 17.1 Å². The summed E-state index contributed by atoms with van der Waals surface area (Å²) in [7, 11) is 1.50. The maximum Gasteiger partial charge on any atom is 0.341 e. The Morgan fingerprint density at radius 3 is 2.84 bits per heavy atom. The molecule has 2 rings (SSSR count). The first kappa shape index (κ1) is 13.8. The number of nitrogens with two attached hydrogens (primary N) is 1. The largest absolute Gasteiger partial charge is 0.477 e. The highest BCUT2D eigenvalue weighted by molar-refractivity contribution is 5.94. The summed E-state index contributed by atoms with van der Waals surface area (Å²) < 4.78 is 11.8. The van der Waals surface area contributed by atoms with Gasteiger partial charge in [0, 0.05) is 26.9 Å². The van der Waals surface area contributed by atoms with Crippen molar-refractivity contribution in [1.29, 1.82) is 0 Å². The topological polar surface area (TPSA) is 99.6 Å². The SMILES string of the molecule is COCc1nn(CC2CCOCC2)c(N)c1C(=O)O. The van der Waals surface area contributed by atoms with Gasteiger partial charge in [0.25, 0.3) is 0 Å².